The molecule has 118 valence electrons. The molecule has 0 radical (unpaired) electrons. The number of hydrogen-bond donors (Lipinski definition) is 1. The predicted octanol–water partition coefficient (Wildman–Crippen LogP) is 4.55. The van der Waals surface area contributed by atoms with Gasteiger partial charge < -0.3 is 10.1 Å². The van der Waals surface area contributed by atoms with E-state index in [1.165, 1.54) is 12.8 Å². The Morgan fingerprint density at radius 3 is 2.71 bits per heavy atom. The van der Waals surface area contributed by atoms with Crippen LogP contribution < -0.4 is 10.1 Å². The largest absolute Gasteiger partial charge is 0.474 e. The van der Waals surface area contributed by atoms with Crippen LogP contribution in [0.1, 0.15) is 52.0 Å². The van der Waals surface area contributed by atoms with Crippen molar-refractivity contribution in [2.45, 2.75) is 59.1 Å². The number of nitrogens with zero attached hydrogens (tertiary/aromatic N) is 1. The van der Waals surface area contributed by atoms with Gasteiger partial charge in [0.15, 0.2) is 0 Å². The molecule has 21 heavy (non-hydrogen) atoms. The molecule has 0 aliphatic heterocycles. The molecule has 2 rings (SSSR count). The first-order chi connectivity index (χ1) is 10.0. The zero-order valence-corrected chi connectivity index (χ0v) is 14.9. The zero-order chi connectivity index (χ0) is 15.2. The van der Waals surface area contributed by atoms with E-state index in [2.05, 4.69) is 53.1 Å². The molecule has 3 nitrogen and oxygen atoms in total. The molecule has 0 bridgehead atoms. The Labute approximate surface area is 137 Å². The van der Waals surface area contributed by atoms with E-state index in [-0.39, 0.29) is 0 Å². The SMILES string of the molecule is CC(C)CNCc1cc(Br)cnc1OC1CCC(C)CC1. The average Bonchev–Trinajstić information content (AvgIpc) is 2.43. The minimum absolute atomic E-state index is 0.332. The van der Waals surface area contributed by atoms with Crippen LogP contribution in [0, 0.1) is 11.8 Å². The summed E-state index contributed by atoms with van der Waals surface area (Å²) in [6.45, 7) is 8.57. The molecule has 1 heterocycles. The molecule has 1 aromatic rings. The molecule has 1 fully saturated rings. The highest BCUT2D eigenvalue weighted by Gasteiger charge is 2.21. The topological polar surface area (TPSA) is 34.2 Å². The van der Waals surface area contributed by atoms with Crippen LogP contribution >= 0.6 is 15.9 Å². The first kappa shape index (κ1) is 16.8. The first-order valence-electron chi connectivity index (χ1n) is 8.06. The number of hydrogen-bond acceptors (Lipinski definition) is 3. The minimum atomic E-state index is 0.332. The van der Waals surface area contributed by atoms with Crippen LogP contribution in [0.3, 0.4) is 0 Å². The Morgan fingerprint density at radius 2 is 2.05 bits per heavy atom. The number of halogens is 1. The monoisotopic (exact) mass is 354 g/mol. The van der Waals surface area contributed by atoms with E-state index in [4.69, 9.17) is 4.74 Å². The van der Waals surface area contributed by atoms with Gasteiger partial charge in [-0.25, -0.2) is 4.98 Å². The van der Waals surface area contributed by atoms with E-state index in [1.54, 1.807) is 0 Å². The second-order valence-corrected chi connectivity index (χ2v) is 7.56. The van der Waals surface area contributed by atoms with Gasteiger partial charge in [-0.05, 0) is 66.1 Å². The highest BCUT2D eigenvalue weighted by atomic mass is 79.9. The predicted molar refractivity (Wildman–Crippen MR) is 90.5 cm³/mol. The molecule has 0 amide bonds. The van der Waals surface area contributed by atoms with E-state index < -0.39 is 0 Å². The summed E-state index contributed by atoms with van der Waals surface area (Å²) in [5.41, 5.74) is 1.14. The third-order valence-corrected chi connectivity index (χ3v) is 4.43. The van der Waals surface area contributed by atoms with Crippen molar-refractivity contribution in [1.82, 2.24) is 10.3 Å². The lowest BCUT2D eigenvalue weighted by atomic mass is 9.89. The van der Waals surface area contributed by atoms with E-state index in [9.17, 15) is 0 Å². The molecule has 0 aromatic carbocycles. The standard InChI is InChI=1S/C17H27BrN2O/c1-12(2)9-19-10-14-8-15(18)11-20-17(14)21-16-6-4-13(3)5-7-16/h8,11-13,16,19H,4-7,9-10H2,1-3H3. The Bertz CT molecular complexity index is 442. The maximum atomic E-state index is 6.18. The van der Waals surface area contributed by atoms with Crippen molar-refractivity contribution in [3.05, 3.63) is 22.3 Å². The molecular weight excluding hydrogens is 328 g/mol. The molecule has 1 saturated carbocycles. The van der Waals surface area contributed by atoms with Gasteiger partial charge in [-0.1, -0.05) is 20.8 Å². The Morgan fingerprint density at radius 1 is 1.33 bits per heavy atom. The van der Waals surface area contributed by atoms with E-state index >= 15 is 0 Å². The normalized spacial score (nSPS) is 22.5. The Balaban J connectivity index is 1.97. The first-order valence-corrected chi connectivity index (χ1v) is 8.85. The van der Waals surface area contributed by atoms with Crippen molar-refractivity contribution < 1.29 is 4.74 Å². The van der Waals surface area contributed by atoms with Crippen molar-refractivity contribution in [3.8, 4) is 5.88 Å². The fourth-order valence-corrected chi connectivity index (χ4v) is 3.08. The van der Waals surface area contributed by atoms with E-state index in [0.717, 1.165) is 47.8 Å². The van der Waals surface area contributed by atoms with Gasteiger partial charge in [0, 0.05) is 22.8 Å². The molecule has 0 spiro atoms. The summed E-state index contributed by atoms with van der Waals surface area (Å²) in [5, 5.41) is 3.47. The molecule has 1 aliphatic carbocycles. The van der Waals surface area contributed by atoms with E-state index in [1.807, 2.05) is 6.20 Å². The van der Waals surface area contributed by atoms with Crippen LogP contribution in [0.5, 0.6) is 5.88 Å². The molecular formula is C17H27BrN2O. The zero-order valence-electron chi connectivity index (χ0n) is 13.4. The summed E-state index contributed by atoms with van der Waals surface area (Å²) in [5.74, 6) is 2.29. The van der Waals surface area contributed by atoms with Gasteiger partial charge in [-0.3, -0.25) is 0 Å². The second-order valence-electron chi connectivity index (χ2n) is 6.64. The second kappa shape index (κ2) is 8.14. The van der Waals surface area contributed by atoms with E-state index in [0.29, 0.717) is 12.0 Å². The van der Waals surface area contributed by atoms with Gasteiger partial charge >= 0.3 is 0 Å². The highest BCUT2D eigenvalue weighted by Crippen LogP contribution is 2.28. The van der Waals surface area contributed by atoms with Crippen LogP contribution in [0.15, 0.2) is 16.7 Å². The van der Waals surface area contributed by atoms with Gasteiger partial charge in [0.25, 0.3) is 0 Å². The Hall–Kier alpha value is -0.610. The van der Waals surface area contributed by atoms with Crippen LogP contribution in [-0.4, -0.2) is 17.6 Å². The van der Waals surface area contributed by atoms with Gasteiger partial charge in [-0.2, -0.15) is 0 Å². The maximum Gasteiger partial charge on any atom is 0.218 e. The van der Waals surface area contributed by atoms with Crippen molar-refractivity contribution in [2.24, 2.45) is 11.8 Å². The van der Waals surface area contributed by atoms with Crippen LogP contribution in [0.4, 0.5) is 0 Å². The lowest BCUT2D eigenvalue weighted by Gasteiger charge is -2.27. The number of rotatable bonds is 6. The third kappa shape index (κ3) is 5.59. The van der Waals surface area contributed by atoms with Crippen molar-refractivity contribution in [3.63, 3.8) is 0 Å². The summed E-state index contributed by atoms with van der Waals surface area (Å²) >= 11 is 3.50. The number of ether oxygens (including phenoxy) is 1. The fourth-order valence-electron chi connectivity index (χ4n) is 2.70. The summed E-state index contributed by atoms with van der Waals surface area (Å²) in [4.78, 5) is 4.48. The quantitative estimate of drug-likeness (QED) is 0.813. The van der Waals surface area contributed by atoms with Crippen molar-refractivity contribution >= 4 is 15.9 Å². The van der Waals surface area contributed by atoms with Gasteiger partial charge in [0.2, 0.25) is 5.88 Å². The lowest BCUT2D eigenvalue weighted by Crippen LogP contribution is -2.25. The molecule has 0 unspecified atom stereocenters. The maximum absolute atomic E-state index is 6.18. The minimum Gasteiger partial charge on any atom is -0.474 e. The summed E-state index contributed by atoms with van der Waals surface area (Å²) in [6.07, 6.45) is 6.99. The fraction of sp³-hybridized carbons (Fsp3) is 0.706. The molecule has 4 heteroatoms. The number of nitrogens with one attached hydrogen (secondary N) is 1. The number of pyridine rings is 1. The summed E-state index contributed by atoms with van der Waals surface area (Å²) in [7, 11) is 0. The third-order valence-electron chi connectivity index (χ3n) is 4.00. The van der Waals surface area contributed by atoms with Crippen LogP contribution in [0.2, 0.25) is 0 Å². The molecule has 0 atom stereocenters. The molecule has 1 aliphatic rings. The smallest absolute Gasteiger partial charge is 0.218 e. The van der Waals surface area contributed by atoms with Crippen molar-refractivity contribution in [1.29, 1.82) is 0 Å². The van der Waals surface area contributed by atoms with Gasteiger partial charge in [0.05, 0.1) is 0 Å². The van der Waals surface area contributed by atoms with Crippen LogP contribution in [-0.2, 0) is 6.54 Å². The summed E-state index contributed by atoms with van der Waals surface area (Å²) in [6, 6.07) is 2.11. The molecule has 0 saturated heterocycles. The van der Waals surface area contributed by atoms with Gasteiger partial charge in [0.1, 0.15) is 6.10 Å². The number of aromatic nitrogens is 1. The summed E-state index contributed by atoms with van der Waals surface area (Å²) < 4.78 is 7.18. The van der Waals surface area contributed by atoms with Gasteiger partial charge in [-0.15, -0.1) is 0 Å². The Kier molecular flexibility index (Phi) is 6.49. The highest BCUT2D eigenvalue weighted by molar-refractivity contribution is 9.10. The average molecular weight is 355 g/mol. The van der Waals surface area contributed by atoms with Crippen LogP contribution in [0.25, 0.3) is 0 Å². The molecule has 1 aromatic heterocycles. The van der Waals surface area contributed by atoms with Crippen molar-refractivity contribution in [2.75, 3.05) is 6.54 Å². The molecule has 1 N–H and O–H groups in total. The lowest BCUT2D eigenvalue weighted by molar-refractivity contribution is 0.128.